The molecule has 3 aromatic carbocycles. The first-order valence-electron chi connectivity index (χ1n) is 13.0. The minimum atomic E-state index is -2.99. The van der Waals surface area contributed by atoms with Gasteiger partial charge in [-0.15, -0.1) is 6.58 Å². The first-order chi connectivity index (χ1) is 18.1. The van der Waals surface area contributed by atoms with E-state index >= 15 is 0 Å². The lowest BCUT2D eigenvalue weighted by molar-refractivity contribution is 0.0174. The van der Waals surface area contributed by atoms with Gasteiger partial charge in [0.15, 0.2) is 0 Å². The van der Waals surface area contributed by atoms with Crippen LogP contribution in [0.4, 0.5) is 13.2 Å². The average molecular weight is 517 g/mol. The van der Waals surface area contributed by atoms with Crippen LogP contribution >= 0.6 is 0 Å². The molecule has 0 saturated carbocycles. The van der Waals surface area contributed by atoms with Crippen LogP contribution in [0, 0.1) is 5.82 Å². The summed E-state index contributed by atoms with van der Waals surface area (Å²) in [6.07, 6.45) is 2.71. The van der Waals surface area contributed by atoms with E-state index in [0.717, 1.165) is 42.1 Å². The SMILES string of the molecule is C=CC(c1cccc(C(C)(F)F)c1)C(/C(=C(/[B]c1ccccc1)N(C)CCC)C(C)N)c1ccc(F)cc1. The van der Waals surface area contributed by atoms with Crippen LogP contribution in [0.25, 0.3) is 0 Å². The van der Waals surface area contributed by atoms with Crippen molar-refractivity contribution < 1.29 is 13.2 Å². The fourth-order valence-electron chi connectivity index (χ4n) is 4.99. The van der Waals surface area contributed by atoms with Crippen LogP contribution < -0.4 is 11.2 Å². The van der Waals surface area contributed by atoms with Crippen LogP contribution in [0.1, 0.15) is 55.7 Å². The number of hydrogen-bond donors (Lipinski definition) is 1. The Morgan fingerprint density at radius 3 is 2.24 bits per heavy atom. The maximum atomic E-state index is 14.3. The van der Waals surface area contributed by atoms with E-state index in [1.54, 1.807) is 24.3 Å². The normalized spacial score (nSPS) is 14.7. The zero-order chi connectivity index (χ0) is 27.9. The number of allylic oxidation sites excluding steroid dienone is 1. The highest BCUT2D eigenvalue weighted by molar-refractivity contribution is 6.60. The van der Waals surface area contributed by atoms with Crippen LogP contribution in [0.3, 0.4) is 0 Å². The molecule has 0 aliphatic rings. The van der Waals surface area contributed by atoms with E-state index in [1.165, 1.54) is 24.3 Å². The van der Waals surface area contributed by atoms with Crippen molar-refractivity contribution in [2.24, 2.45) is 5.73 Å². The molecule has 0 aromatic heterocycles. The topological polar surface area (TPSA) is 29.3 Å². The highest BCUT2D eigenvalue weighted by atomic mass is 19.3. The summed E-state index contributed by atoms with van der Waals surface area (Å²) in [5, 5.41) is 0. The van der Waals surface area contributed by atoms with E-state index in [2.05, 4.69) is 25.7 Å². The number of hydrogen-bond acceptors (Lipinski definition) is 2. The van der Waals surface area contributed by atoms with Gasteiger partial charge < -0.3 is 10.6 Å². The van der Waals surface area contributed by atoms with Gasteiger partial charge in [0, 0.05) is 44.0 Å². The molecule has 6 heteroatoms. The molecule has 2 N–H and O–H groups in total. The van der Waals surface area contributed by atoms with E-state index in [9.17, 15) is 13.2 Å². The molecule has 0 aliphatic carbocycles. The third-order valence-corrected chi connectivity index (χ3v) is 6.82. The molecule has 38 heavy (non-hydrogen) atoms. The summed E-state index contributed by atoms with van der Waals surface area (Å²) in [6, 6.07) is 22.4. The molecule has 3 rings (SSSR count). The molecule has 0 amide bonds. The fourth-order valence-corrected chi connectivity index (χ4v) is 4.99. The lowest BCUT2D eigenvalue weighted by Gasteiger charge is -2.36. The molecule has 3 unspecified atom stereocenters. The smallest absolute Gasteiger partial charge is 0.270 e. The molecule has 3 aromatic rings. The maximum absolute atomic E-state index is 14.3. The first kappa shape index (κ1) is 29.3. The van der Waals surface area contributed by atoms with Crippen molar-refractivity contribution in [1.82, 2.24) is 4.90 Å². The van der Waals surface area contributed by atoms with Crippen molar-refractivity contribution in [1.29, 1.82) is 0 Å². The van der Waals surface area contributed by atoms with Crippen molar-refractivity contribution in [3.63, 3.8) is 0 Å². The van der Waals surface area contributed by atoms with Crippen LogP contribution in [0.15, 0.2) is 103 Å². The van der Waals surface area contributed by atoms with Gasteiger partial charge in [-0.05, 0) is 53.8 Å². The molecule has 0 bridgehead atoms. The van der Waals surface area contributed by atoms with Crippen LogP contribution in [0.2, 0.25) is 0 Å². The summed E-state index contributed by atoms with van der Waals surface area (Å²) in [4.78, 5) is 2.18. The molecule has 0 saturated heterocycles. The first-order valence-corrected chi connectivity index (χ1v) is 13.0. The summed E-state index contributed by atoms with van der Waals surface area (Å²) < 4.78 is 42.6. The number of nitrogens with two attached hydrogens (primary N) is 1. The second-order valence-corrected chi connectivity index (χ2v) is 9.91. The summed E-state index contributed by atoms with van der Waals surface area (Å²) in [5.41, 5.74) is 11.1. The van der Waals surface area contributed by atoms with E-state index < -0.39 is 17.9 Å². The molecule has 0 fully saturated rings. The largest absolute Gasteiger partial charge is 0.386 e. The maximum Gasteiger partial charge on any atom is 0.270 e. The molecule has 0 spiro atoms. The lowest BCUT2D eigenvalue weighted by atomic mass is 9.61. The van der Waals surface area contributed by atoms with Crippen molar-refractivity contribution in [2.45, 2.75) is 51.0 Å². The van der Waals surface area contributed by atoms with E-state index in [0.29, 0.717) is 5.56 Å². The summed E-state index contributed by atoms with van der Waals surface area (Å²) in [7, 11) is 4.14. The predicted octanol–water partition coefficient (Wildman–Crippen LogP) is 6.92. The minimum absolute atomic E-state index is 0.0646. The Balaban J connectivity index is 2.32. The highest BCUT2D eigenvalue weighted by Crippen LogP contribution is 2.43. The third kappa shape index (κ3) is 7.19. The van der Waals surface area contributed by atoms with E-state index in [-0.39, 0.29) is 17.3 Å². The zero-order valence-corrected chi connectivity index (χ0v) is 22.7. The summed E-state index contributed by atoms with van der Waals surface area (Å²) >= 11 is 0. The van der Waals surface area contributed by atoms with Gasteiger partial charge in [-0.3, -0.25) is 0 Å². The van der Waals surface area contributed by atoms with Gasteiger partial charge >= 0.3 is 0 Å². The number of halogens is 3. The van der Waals surface area contributed by atoms with Crippen LogP contribution in [-0.4, -0.2) is 31.8 Å². The van der Waals surface area contributed by atoms with Gasteiger partial charge in [-0.25, -0.2) is 13.2 Å². The van der Waals surface area contributed by atoms with Gasteiger partial charge in [-0.2, -0.15) is 0 Å². The Morgan fingerprint density at radius 1 is 1.03 bits per heavy atom. The lowest BCUT2D eigenvalue weighted by Crippen LogP contribution is -2.36. The van der Waals surface area contributed by atoms with Gasteiger partial charge in [0.05, 0.1) is 0 Å². The Bertz CT molecular complexity index is 1220. The molecule has 0 aliphatic heterocycles. The Kier molecular flexibility index (Phi) is 10.0. The minimum Gasteiger partial charge on any atom is -0.386 e. The predicted molar refractivity (Wildman–Crippen MR) is 154 cm³/mol. The van der Waals surface area contributed by atoms with Gasteiger partial charge in [0.1, 0.15) is 5.82 Å². The third-order valence-electron chi connectivity index (χ3n) is 6.82. The molecule has 3 atom stereocenters. The number of benzene rings is 3. The number of rotatable bonds is 12. The average Bonchev–Trinajstić information content (AvgIpc) is 2.88. The van der Waals surface area contributed by atoms with Crippen molar-refractivity contribution in [3.05, 3.63) is 125 Å². The molecule has 1 radical (unpaired) electrons. The highest BCUT2D eigenvalue weighted by Gasteiger charge is 2.33. The second-order valence-electron chi connectivity index (χ2n) is 9.91. The van der Waals surface area contributed by atoms with Crippen molar-refractivity contribution in [2.75, 3.05) is 13.6 Å². The summed E-state index contributed by atoms with van der Waals surface area (Å²) in [5.74, 6) is -4.10. The Hall–Kier alpha value is -3.25. The van der Waals surface area contributed by atoms with Gasteiger partial charge in [0.2, 0.25) is 7.28 Å². The Labute approximate surface area is 226 Å². The standard InChI is InChI=1S/C32H37BF3N2/c1-6-20-38(5)31(33-26-14-9-8-10-15-26)29(22(3)37)30(23-16-18-27(34)19-17-23)28(7-2)24-12-11-13-25(21-24)32(4,35)36/h7-19,21-22,28,30H,2,6,20,37H2,1,3-5H3/b31-29-. The van der Waals surface area contributed by atoms with Crippen LogP contribution in [0.5, 0.6) is 0 Å². The van der Waals surface area contributed by atoms with Gasteiger partial charge in [0.25, 0.3) is 5.92 Å². The van der Waals surface area contributed by atoms with Crippen molar-refractivity contribution >= 4 is 12.7 Å². The quantitative estimate of drug-likeness (QED) is 0.209. The zero-order valence-electron chi connectivity index (χ0n) is 22.7. The number of alkyl halides is 2. The van der Waals surface area contributed by atoms with Crippen molar-refractivity contribution in [3.8, 4) is 0 Å². The molecule has 0 heterocycles. The molecular weight excluding hydrogens is 480 g/mol. The Morgan fingerprint density at radius 2 is 1.68 bits per heavy atom. The second kappa shape index (κ2) is 13.0. The fraction of sp³-hybridized carbons (Fsp3) is 0.312. The van der Waals surface area contributed by atoms with Crippen LogP contribution in [-0.2, 0) is 5.92 Å². The van der Waals surface area contributed by atoms with E-state index in [1.807, 2.05) is 50.4 Å². The molecule has 199 valence electrons. The molecule has 2 nitrogen and oxygen atoms in total. The molecular formula is C32H37BF3N2. The van der Waals surface area contributed by atoms with E-state index in [4.69, 9.17) is 5.73 Å². The number of nitrogens with zero attached hydrogens (tertiary/aromatic N) is 1. The monoisotopic (exact) mass is 517 g/mol. The van der Waals surface area contributed by atoms with Gasteiger partial charge in [-0.1, -0.05) is 79.1 Å². The summed E-state index contributed by atoms with van der Waals surface area (Å²) in [6.45, 7) is 9.84.